The van der Waals surface area contributed by atoms with E-state index >= 15 is 0 Å². The summed E-state index contributed by atoms with van der Waals surface area (Å²) in [6, 6.07) is 1.45. The predicted molar refractivity (Wildman–Crippen MR) is 41.1 cm³/mol. The van der Waals surface area contributed by atoms with E-state index in [9.17, 15) is 0 Å². The molecule has 2 atom stereocenters. The summed E-state index contributed by atoms with van der Waals surface area (Å²) in [4.78, 5) is 2.45. The van der Waals surface area contributed by atoms with Crippen molar-refractivity contribution in [2.75, 3.05) is 33.2 Å². The average molecular weight is 141 g/mol. The van der Waals surface area contributed by atoms with Gasteiger partial charge in [0.25, 0.3) is 0 Å². The monoisotopic (exact) mass is 141 g/mol. The van der Waals surface area contributed by atoms with Crippen LogP contribution >= 0.6 is 0 Å². The van der Waals surface area contributed by atoms with Crippen molar-refractivity contribution in [2.24, 2.45) is 0 Å². The smallest absolute Gasteiger partial charge is 0.0383 e. The lowest BCUT2D eigenvalue weighted by Gasteiger charge is -2.34. The highest BCUT2D eigenvalue weighted by molar-refractivity contribution is 4.95. The molecule has 0 saturated carbocycles. The Balaban J connectivity index is 2.03. The molecule has 0 amide bonds. The molecule has 2 rings (SSSR count). The third-order valence-corrected chi connectivity index (χ3v) is 2.62. The van der Waals surface area contributed by atoms with Crippen molar-refractivity contribution in [3.63, 3.8) is 0 Å². The molecule has 2 aliphatic rings. The lowest BCUT2D eigenvalue weighted by Crippen LogP contribution is -2.55. The zero-order valence-electron chi connectivity index (χ0n) is 6.43. The van der Waals surface area contributed by atoms with Crippen molar-refractivity contribution in [3.8, 4) is 0 Å². The summed E-state index contributed by atoms with van der Waals surface area (Å²) in [7, 11) is 2.21. The zero-order chi connectivity index (χ0) is 6.97. The minimum Gasteiger partial charge on any atom is -0.314 e. The Morgan fingerprint density at radius 2 is 2.30 bits per heavy atom. The summed E-state index contributed by atoms with van der Waals surface area (Å²) < 4.78 is 0. The molecule has 2 aliphatic heterocycles. The molecule has 0 spiro atoms. The number of likely N-dealkylation sites (N-methyl/N-ethyl adjacent to an activating group) is 1. The molecular formula is C7H15N3. The third-order valence-electron chi connectivity index (χ3n) is 2.62. The summed E-state index contributed by atoms with van der Waals surface area (Å²) in [6.45, 7) is 4.66. The topological polar surface area (TPSA) is 27.3 Å². The molecule has 2 N–H and O–H groups in total. The number of piperazine rings is 1. The van der Waals surface area contributed by atoms with Crippen LogP contribution in [0.4, 0.5) is 0 Å². The molecular weight excluding hydrogens is 126 g/mol. The van der Waals surface area contributed by atoms with Gasteiger partial charge < -0.3 is 10.6 Å². The molecule has 0 aromatic heterocycles. The van der Waals surface area contributed by atoms with Crippen LogP contribution in [0, 0.1) is 0 Å². The number of hydrogen-bond donors (Lipinski definition) is 2. The van der Waals surface area contributed by atoms with Gasteiger partial charge in [-0.3, -0.25) is 4.90 Å². The standard InChI is InChI=1S/C7H15N3/c1-10-3-2-9-6-4-8-5-7(6)10/h6-9H,2-5H2,1H3. The Labute approximate surface area is 61.8 Å². The second-order valence-corrected chi connectivity index (χ2v) is 3.27. The summed E-state index contributed by atoms with van der Waals surface area (Å²) in [6.07, 6.45) is 0. The Hall–Kier alpha value is -0.120. The first-order chi connectivity index (χ1) is 4.88. The van der Waals surface area contributed by atoms with Gasteiger partial charge in [0.1, 0.15) is 0 Å². The average Bonchev–Trinajstić information content (AvgIpc) is 2.36. The highest BCUT2D eigenvalue weighted by Crippen LogP contribution is 2.09. The van der Waals surface area contributed by atoms with E-state index in [2.05, 4.69) is 22.6 Å². The minimum atomic E-state index is 0.707. The van der Waals surface area contributed by atoms with Gasteiger partial charge in [-0.05, 0) is 7.05 Å². The molecule has 0 aliphatic carbocycles. The van der Waals surface area contributed by atoms with E-state index in [0.29, 0.717) is 6.04 Å². The van der Waals surface area contributed by atoms with Crippen molar-refractivity contribution in [3.05, 3.63) is 0 Å². The number of rotatable bonds is 0. The van der Waals surface area contributed by atoms with Crippen molar-refractivity contribution in [1.82, 2.24) is 15.5 Å². The molecule has 0 aromatic carbocycles. The fourth-order valence-corrected chi connectivity index (χ4v) is 1.93. The van der Waals surface area contributed by atoms with E-state index in [1.807, 2.05) is 0 Å². The van der Waals surface area contributed by atoms with Crippen LogP contribution in [0.3, 0.4) is 0 Å². The highest BCUT2D eigenvalue weighted by atomic mass is 15.3. The number of fused-ring (bicyclic) bond motifs is 1. The highest BCUT2D eigenvalue weighted by Gasteiger charge is 2.32. The van der Waals surface area contributed by atoms with Crippen LogP contribution in [-0.2, 0) is 0 Å². The third kappa shape index (κ3) is 0.944. The molecule has 10 heavy (non-hydrogen) atoms. The number of nitrogens with zero attached hydrogens (tertiary/aromatic N) is 1. The maximum atomic E-state index is 3.51. The minimum absolute atomic E-state index is 0.707. The molecule has 2 fully saturated rings. The van der Waals surface area contributed by atoms with Gasteiger partial charge in [-0.2, -0.15) is 0 Å². The summed E-state index contributed by atoms with van der Waals surface area (Å²) in [5.41, 5.74) is 0. The lowest BCUT2D eigenvalue weighted by atomic mass is 10.1. The largest absolute Gasteiger partial charge is 0.314 e. The van der Waals surface area contributed by atoms with E-state index in [-0.39, 0.29) is 0 Å². The first kappa shape index (κ1) is 6.58. The second-order valence-electron chi connectivity index (χ2n) is 3.27. The lowest BCUT2D eigenvalue weighted by molar-refractivity contribution is 0.184. The number of nitrogens with one attached hydrogen (secondary N) is 2. The Morgan fingerprint density at radius 3 is 3.10 bits per heavy atom. The van der Waals surface area contributed by atoms with E-state index in [1.165, 1.54) is 6.54 Å². The van der Waals surface area contributed by atoms with Crippen molar-refractivity contribution in [2.45, 2.75) is 12.1 Å². The van der Waals surface area contributed by atoms with Gasteiger partial charge in [0.15, 0.2) is 0 Å². The van der Waals surface area contributed by atoms with Crippen molar-refractivity contribution >= 4 is 0 Å². The van der Waals surface area contributed by atoms with Crippen LogP contribution in [0.5, 0.6) is 0 Å². The summed E-state index contributed by atoms with van der Waals surface area (Å²) in [5.74, 6) is 0. The first-order valence-electron chi connectivity index (χ1n) is 4.02. The normalized spacial score (nSPS) is 41.7. The van der Waals surface area contributed by atoms with E-state index in [0.717, 1.165) is 25.7 Å². The molecule has 58 valence electrons. The molecule has 0 bridgehead atoms. The van der Waals surface area contributed by atoms with Gasteiger partial charge in [0.05, 0.1) is 0 Å². The fraction of sp³-hybridized carbons (Fsp3) is 1.00. The van der Waals surface area contributed by atoms with Crippen LogP contribution in [0.2, 0.25) is 0 Å². The van der Waals surface area contributed by atoms with Crippen molar-refractivity contribution in [1.29, 1.82) is 0 Å². The van der Waals surface area contributed by atoms with Gasteiger partial charge in [0.2, 0.25) is 0 Å². The Morgan fingerprint density at radius 1 is 1.40 bits per heavy atom. The van der Waals surface area contributed by atoms with E-state index < -0.39 is 0 Å². The Bertz CT molecular complexity index is 126. The fourth-order valence-electron chi connectivity index (χ4n) is 1.93. The van der Waals surface area contributed by atoms with Crippen LogP contribution in [0.1, 0.15) is 0 Å². The predicted octanol–water partition coefficient (Wildman–Crippen LogP) is -1.14. The number of hydrogen-bond acceptors (Lipinski definition) is 3. The first-order valence-corrected chi connectivity index (χ1v) is 4.02. The molecule has 2 saturated heterocycles. The van der Waals surface area contributed by atoms with E-state index in [1.54, 1.807) is 0 Å². The van der Waals surface area contributed by atoms with Gasteiger partial charge in [0, 0.05) is 38.3 Å². The molecule has 0 radical (unpaired) electrons. The molecule has 0 aromatic rings. The second kappa shape index (κ2) is 2.49. The zero-order valence-corrected chi connectivity index (χ0v) is 6.43. The van der Waals surface area contributed by atoms with Crippen LogP contribution in [0.25, 0.3) is 0 Å². The SMILES string of the molecule is CN1CCNC2CNCC21. The maximum absolute atomic E-state index is 3.51. The molecule has 3 nitrogen and oxygen atoms in total. The maximum Gasteiger partial charge on any atom is 0.0383 e. The van der Waals surface area contributed by atoms with Gasteiger partial charge >= 0.3 is 0 Å². The van der Waals surface area contributed by atoms with Crippen LogP contribution in [-0.4, -0.2) is 50.2 Å². The Kier molecular flexibility index (Phi) is 1.64. The molecule has 2 heterocycles. The molecule has 2 unspecified atom stereocenters. The molecule has 3 heteroatoms. The summed E-state index contributed by atoms with van der Waals surface area (Å²) >= 11 is 0. The van der Waals surface area contributed by atoms with Crippen molar-refractivity contribution < 1.29 is 0 Å². The quantitative estimate of drug-likeness (QED) is 0.446. The van der Waals surface area contributed by atoms with Crippen LogP contribution < -0.4 is 10.6 Å². The van der Waals surface area contributed by atoms with Crippen LogP contribution in [0.15, 0.2) is 0 Å². The summed E-state index contributed by atoms with van der Waals surface area (Å²) in [5, 5.41) is 6.90. The van der Waals surface area contributed by atoms with Gasteiger partial charge in [-0.15, -0.1) is 0 Å². The van der Waals surface area contributed by atoms with Gasteiger partial charge in [-0.1, -0.05) is 0 Å². The van der Waals surface area contributed by atoms with Gasteiger partial charge in [-0.25, -0.2) is 0 Å². The van der Waals surface area contributed by atoms with E-state index in [4.69, 9.17) is 0 Å².